The average molecular weight is 331 g/mol. The van der Waals surface area contributed by atoms with Gasteiger partial charge in [-0.1, -0.05) is 34.1 Å². The average Bonchev–Trinajstić information content (AvgIpc) is 2.85. The Bertz CT molecular complexity index is 637. The Hall–Kier alpha value is -1.48. The van der Waals surface area contributed by atoms with E-state index in [1.807, 2.05) is 12.1 Å². The summed E-state index contributed by atoms with van der Waals surface area (Å²) < 4.78 is 1.02. The summed E-state index contributed by atoms with van der Waals surface area (Å²) in [4.78, 5) is 2.21. The van der Waals surface area contributed by atoms with Crippen molar-refractivity contribution in [2.75, 3.05) is 17.7 Å². The summed E-state index contributed by atoms with van der Waals surface area (Å²) in [5, 5.41) is 0. The van der Waals surface area contributed by atoms with Crippen LogP contribution in [0.5, 0.6) is 0 Å². The zero-order valence-corrected chi connectivity index (χ0v) is 13.3. The second-order valence-corrected chi connectivity index (χ2v) is 6.43. The summed E-state index contributed by atoms with van der Waals surface area (Å²) in [5.41, 5.74) is 12.4. The van der Waals surface area contributed by atoms with E-state index < -0.39 is 0 Å². The first-order valence-electron chi connectivity index (χ1n) is 7.00. The van der Waals surface area contributed by atoms with Crippen molar-refractivity contribution >= 4 is 27.3 Å². The number of rotatable bonds is 3. The first kappa shape index (κ1) is 13.5. The van der Waals surface area contributed by atoms with Crippen molar-refractivity contribution in [3.05, 3.63) is 57.6 Å². The van der Waals surface area contributed by atoms with E-state index in [0.717, 1.165) is 22.4 Å². The summed E-state index contributed by atoms with van der Waals surface area (Å²) in [6.45, 7) is 0.888. The van der Waals surface area contributed by atoms with E-state index in [0.29, 0.717) is 0 Å². The van der Waals surface area contributed by atoms with Gasteiger partial charge in [0.15, 0.2) is 0 Å². The minimum Gasteiger partial charge on any atom is -0.397 e. The summed E-state index contributed by atoms with van der Waals surface area (Å²) in [6.07, 6.45) is 3.77. The van der Waals surface area contributed by atoms with Crippen LogP contribution in [0.2, 0.25) is 0 Å². The lowest BCUT2D eigenvalue weighted by atomic mass is 10.1. The second-order valence-electron chi connectivity index (χ2n) is 5.52. The molecule has 0 bridgehead atoms. The molecule has 3 heteroatoms. The van der Waals surface area contributed by atoms with E-state index in [4.69, 9.17) is 5.73 Å². The molecule has 0 heterocycles. The van der Waals surface area contributed by atoms with Crippen LogP contribution in [0.1, 0.15) is 23.1 Å². The van der Waals surface area contributed by atoms with Crippen LogP contribution in [0.25, 0.3) is 0 Å². The number of benzene rings is 2. The zero-order chi connectivity index (χ0) is 14.1. The highest BCUT2D eigenvalue weighted by molar-refractivity contribution is 9.10. The molecule has 1 aliphatic rings. The Morgan fingerprint density at radius 2 is 1.90 bits per heavy atom. The summed E-state index contributed by atoms with van der Waals surface area (Å²) in [6, 6.07) is 12.9. The Morgan fingerprint density at radius 1 is 1.10 bits per heavy atom. The molecule has 0 aliphatic heterocycles. The minimum atomic E-state index is 0.808. The number of fused-ring (bicyclic) bond motifs is 1. The molecular formula is C17H19BrN2. The van der Waals surface area contributed by atoms with Gasteiger partial charge in [0.1, 0.15) is 0 Å². The summed E-state index contributed by atoms with van der Waals surface area (Å²) in [5.74, 6) is 0. The lowest BCUT2D eigenvalue weighted by Gasteiger charge is -2.21. The van der Waals surface area contributed by atoms with E-state index in [1.54, 1.807) is 0 Å². The van der Waals surface area contributed by atoms with E-state index in [2.05, 4.69) is 52.1 Å². The first-order chi connectivity index (χ1) is 9.63. The van der Waals surface area contributed by atoms with Gasteiger partial charge in [-0.15, -0.1) is 0 Å². The van der Waals surface area contributed by atoms with Crippen molar-refractivity contribution in [2.45, 2.75) is 25.8 Å². The zero-order valence-electron chi connectivity index (χ0n) is 11.7. The molecule has 0 amide bonds. The normalized spacial score (nSPS) is 13.3. The van der Waals surface area contributed by atoms with Crippen LogP contribution in [0.15, 0.2) is 40.9 Å². The number of nitrogens with two attached hydrogens (primary N) is 1. The van der Waals surface area contributed by atoms with Crippen LogP contribution in [0.4, 0.5) is 11.4 Å². The van der Waals surface area contributed by atoms with Crippen molar-refractivity contribution < 1.29 is 0 Å². The molecule has 0 atom stereocenters. The standard InChI is InChI=1S/C17H19BrN2/c1-20(17-8-7-15(18)10-16(17)19)11-12-5-6-13-3-2-4-14(13)9-12/h5-10H,2-4,11,19H2,1H3. The van der Waals surface area contributed by atoms with E-state index >= 15 is 0 Å². The molecule has 2 N–H and O–H groups in total. The smallest absolute Gasteiger partial charge is 0.0601 e. The Morgan fingerprint density at radius 3 is 2.70 bits per heavy atom. The molecule has 0 saturated carbocycles. The Labute approximate surface area is 128 Å². The maximum atomic E-state index is 6.09. The first-order valence-corrected chi connectivity index (χ1v) is 7.79. The Kier molecular flexibility index (Phi) is 3.70. The van der Waals surface area contributed by atoms with Crippen molar-refractivity contribution in [1.29, 1.82) is 0 Å². The molecule has 2 aromatic carbocycles. The number of halogens is 1. The van der Waals surface area contributed by atoms with Crippen molar-refractivity contribution in [3.63, 3.8) is 0 Å². The molecule has 0 radical (unpaired) electrons. The van der Waals surface area contributed by atoms with Gasteiger partial charge in [-0.25, -0.2) is 0 Å². The molecule has 2 nitrogen and oxygen atoms in total. The molecule has 20 heavy (non-hydrogen) atoms. The van der Waals surface area contributed by atoms with Gasteiger partial charge in [0.05, 0.1) is 11.4 Å². The van der Waals surface area contributed by atoms with Gasteiger partial charge in [0, 0.05) is 18.1 Å². The van der Waals surface area contributed by atoms with Crippen LogP contribution in [-0.4, -0.2) is 7.05 Å². The van der Waals surface area contributed by atoms with E-state index in [-0.39, 0.29) is 0 Å². The third-order valence-corrected chi connectivity index (χ3v) is 4.48. The highest BCUT2D eigenvalue weighted by Gasteiger charge is 2.12. The largest absolute Gasteiger partial charge is 0.397 e. The molecule has 0 unspecified atom stereocenters. The fraction of sp³-hybridized carbons (Fsp3) is 0.294. The molecular weight excluding hydrogens is 312 g/mol. The molecule has 104 valence electrons. The predicted octanol–water partition coefficient (Wildman–Crippen LogP) is 4.16. The van der Waals surface area contributed by atoms with Gasteiger partial charge >= 0.3 is 0 Å². The highest BCUT2D eigenvalue weighted by Crippen LogP contribution is 2.28. The van der Waals surface area contributed by atoms with E-state index in [9.17, 15) is 0 Å². The van der Waals surface area contributed by atoms with Crippen LogP contribution in [0, 0.1) is 0 Å². The second kappa shape index (κ2) is 5.49. The van der Waals surface area contributed by atoms with Gasteiger partial charge < -0.3 is 10.6 Å². The molecule has 0 saturated heterocycles. The quantitative estimate of drug-likeness (QED) is 0.856. The fourth-order valence-corrected chi connectivity index (χ4v) is 3.33. The number of nitrogen functional groups attached to an aromatic ring is 1. The third-order valence-electron chi connectivity index (χ3n) is 3.98. The lowest BCUT2D eigenvalue weighted by molar-refractivity contribution is 0.907. The molecule has 0 fully saturated rings. The maximum Gasteiger partial charge on any atom is 0.0601 e. The third kappa shape index (κ3) is 2.68. The van der Waals surface area contributed by atoms with Gasteiger partial charge in [-0.05, 0) is 54.2 Å². The van der Waals surface area contributed by atoms with Crippen molar-refractivity contribution in [1.82, 2.24) is 0 Å². The van der Waals surface area contributed by atoms with E-state index in [1.165, 1.54) is 36.0 Å². The molecule has 2 aromatic rings. The van der Waals surface area contributed by atoms with Crippen molar-refractivity contribution in [3.8, 4) is 0 Å². The molecule has 0 aromatic heterocycles. The van der Waals surface area contributed by atoms with Crippen LogP contribution < -0.4 is 10.6 Å². The van der Waals surface area contributed by atoms with Crippen LogP contribution in [0.3, 0.4) is 0 Å². The monoisotopic (exact) mass is 330 g/mol. The fourth-order valence-electron chi connectivity index (χ4n) is 2.96. The minimum absolute atomic E-state index is 0.808. The van der Waals surface area contributed by atoms with Crippen molar-refractivity contribution in [2.24, 2.45) is 0 Å². The van der Waals surface area contributed by atoms with Gasteiger partial charge in [-0.3, -0.25) is 0 Å². The number of hydrogen-bond acceptors (Lipinski definition) is 2. The highest BCUT2D eigenvalue weighted by atomic mass is 79.9. The number of nitrogens with zero attached hydrogens (tertiary/aromatic N) is 1. The van der Waals surface area contributed by atoms with Gasteiger partial charge in [-0.2, -0.15) is 0 Å². The summed E-state index contributed by atoms with van der Waals surface area (Å²) in [7, 11) is 2.09. The van der Waals surface area contributed by atoms with Gasteiger partial charge in [0.25, 0.3) is 0 Å². The molecule has 3 rings (SSSR count). The maximum absolute atomic E-state index is 6.09. The molecule has 0 spiro atoms. The Balaban J connectivity index is 1.80. The lowest BCUT2D eigenvalue weighted by Crippen LogP contribution is -2.17. The number of aryl methyl sites for hydroxylation is 2. The molecule has 1 aliphatic carbocycles. The van der Waals surface area contributed by atoms with Crippen LogP contribution >= 0.6 is 15.9 Å². The van der Waals surface area contributed by atoms with Gasteiger partial charge in [0.2, 0.25) is 0 Å². The topological polar surface area (TPSA) is 29.3 Å². The number of hydrogen-bond donors (Lipinski definition) is 1. The predicted molar refractivity (Wildman–Crippen MR) is 89.1 cm³/mol. The SMILES string of the molecule is CN(Cc1ccc2c(c1)CCC2)c1ccc(Br)cc1N. The summed E-state index contributed by atoms with van der Waals surface area (Å²) >= 11 is 3.45. The van der Waals surface area contributed by atoms with Crippen LogP contribution in [-0.2, 0) is 19.4 Å². The number of anilines is 2.